The minimum Gasteiger partial charge on any atom is -0.461 e. The average Bonchev–Trinajstić information content (AvgIpc) is 3.06. The SMILES string of the molecule is CCOC(=O)c1cccn1CC(=O)NCC1CC1. The van der Waals surface area contributed by atoms with Crippen molar-refractivity contribution in [1.82, 2.24) is 9.88 Å². The molecule has 18 heavy (non-hydrogen) atoms. The summed E-state index contributed by atoms with van der Waals surface area (Å²) in [7, 11) is 0. The van der Waals surface area contributed by atoms with Gasteiger partial charge in [0.05, 0.1) is 6.61 Å². The third-order valence-corrected chi connectivity index (χ3v) is 2.91. The molecule has 5 nitrogen and oxygen atoms in total. The fraction of sp³-hybridized carbons (Fsp3) is 0.538. The Kier molecular flexibility index (Phi) is 4.02. The summed E-state index contributed by atoms with van der Waals surface area (Å²) in [5.41, 5.74) is 0.415. The molecule has 1 aromatic heterocycles. The van der Waals surface area contributed by atoms with E-state index in [9.17, 15) is 9.59 Å². The molecule has 1 fully saturated rings. The molecule has 0 unspecified atom stereocenters. The predicted octanol–water partition coefficient (Wildman–Crippen LogP) is 1.19. The lowest BCUT2D eigenvalue weighted by Crippen LogP contribution is -2.30. The van der Waals surface area contributed by atoms with Crippen molar-refractivity contribution >= 4 is 11.9 Å². The summed E-state index contributed by atoms with van der Waals surface area (Å²) < 4.78 is 6.54. The van der Waals surface area contributed by atoms with Gasteiger partial charge in [0.15, 0.2) is 0 Å². The van der Waals surface area contributed by atoms with Gasteiger partial charge in [-0.05, 0) is 37.8 Å². The van der Waals surface area contributed by atoms with E-state index in [0.717, 1.165) is 6.54 Å². The lowest BCUT2D eigenvalue weighted by Gasteiger charge is -2.09. The minimum absolute atomic E-state index is 0.0661. The van der Waals surface area contributed by atoms with Crippen molar-refractivity contribution in [2.45, 2.75) is 26.3 Å². The van der Waals surface area contributed by atoms with Crippen LogP contribution in [0.15, 0.2) is 18.3 Å². The molecule has 0 aliphatic heterocycles. The molecule has 1 amide bonds. The largest absolute Gasteiger partial charge is 0.461 e. The van der Waals surface area contributed by atoms with E-state index >= 15 is 0 Å². The number of hydrogen-bond donors (Lipinski definition) is 1. The highest BCUT2D eigenvalue weighted by atomic mass is 16.5. The Morgan fingerprint density at radius 3 is 2.94 bits per heavy atom. The Hall–Kier alpha value is -1.78. The molecule has 98 valence electrons. The number of hydrogen-bond acceptors (Lipinski definition) is 3. The molecule has 0 bridgehead atoms. The molecule has 0 aromatic carbocycles. The highest BCUT2D eigenvalue weighted by Crippen LogP contribution is 2.27. The Bertz CT molecular complexity index is 435. The summed E-state index contributed by atoms with van der Waals surface area (Å²) in [5, 5.41) is 2.87. The van der Waals surface area contributed by atoms with Crippen molar-refractivity contribution in [3.63, 3.8) is 0 Å². The van der Waals surface area contributed by atoms with Gasteiger partial charge >= 0.3 is 5.97 Å². The zero-order valence-corrected chi connectivity index (χ0v) is 10.5. The van der Waals surface area contributed by atoms with E-state index in [0.29, 0.717) is 18.2 Å². The first kappa shape index (κ1) is 12.7. The quantitative estimate of drug-likeness (QED) is 0.771. The van der Waals surface area contributed by atoms with Gasteiger partial charge < -0.3 is 14.6 Å². The van der Waals surface area contributed by atoms with Gasteiger partial charge in [0, 0.05) is 12.7 Å². The molecule has 1 N–H and O–H groups in total. The molecule has 1 heterocycles. The van der Waals surface area contributed by atoms with Crippen molar-refractivity contribution in [3.05, 3.63) is 24.0 Å². The van der Waals surface area contributed by atoms with Gasteiger partial charge in [-0.2, -0.15) is 0 Å². The highest BCUT2D eigenvalue weighted by Gasteiger charge is 2.22. The standard InChI is InChI=1S/C13H18N2O3/c1-2-18-13(17)11-4-3-7-15(11)9-12(16)14-8-10-5-6-10/h3-4,7,10H,2,5-6,8-9H2,1H3,(H,14,16). The van der Waals surface area contributed by atoms with Gasteiger partial charge in [-0.25, -0.2) is 4.79 Å². The van der Waals surface area contributed by atoms with E-state index < -0.39 is 5.97 Å². The molecule has 5 heteroatoms. The molecular weight excluding hydrogens is 232 g/mol. The van der Waals surface area contributed by atoms with Crippen molar-refractivity contribution in [3.8, 4) is 0 Å². The molecule has 1 saturated carbocycles. The number of nitrogens with one attached hydrogen (secondary N) is 1. The molecule has 1 aliphatic rings. The fourth-order valence-corrected chi connectivity index (χ4v) is 1.73. The highest BCUT2D eigenvalue weighted by molar-refractivity contribution is 5.88. The van der Waals surface area contributed by atoms with Gasteiger partial charge in [0.1, 0.15) is 12.2 Å². The Morgan fingerprint density at radius 1 is 1.50 bits per heavy atom. The van der Waals surface area contributed by atoms with Crippen LogP contribution in [0.3, 0.4) is 0 Å². The number of ether oxygens (including phenoxy) is 1. The number of carbonyl (C=O) groups excluding carboxylic acids is 2. The summed E-state index contributed by atoms with van der Waals surface area (Å²) in [6.07, 6.45) is 4.12. The van der Waals surface area contributed by atoms with Crippen LogP contribution in [0.1, 0.15) is 30.3 Å². The predicted molar refractivity (Wildman–Crippen MR) is 66.1 cm³/mol. The second kappa shape index (κ2) is 5.71. The van der Waals surface area contributed by atoms with E-state index in [2.05, 4.69) is 5.32 Å². The first-order valence-corrected chi connectivity index (χ1v) is 6.29. The second-order valence-electron chi connectivity index (χ2n) is 4.49. The van der Waals surface area contributed by atoms with Crippen LogP contribution in [-0.4, -0.2) is 29.6 Å². The first-order valence-electron chi connectivity index (χ1n) is 6.29. The molecule has 0 radical (unpaired) electrons. The third-order valence-electron chi connectivity index (χ3n) is 2.91. The number of rotatable bonds is 6. The van der Waals surface area contributed by atoms with Gasteiger partial charge in [-0.1, -0.05) is 0 Å². The van der Waals surface area contributed by atoms with Crippen LogP contribution in [-0.2, 0) is 16.1 Å². The van der Waals surface area contributed by atoms with E-state index in [1.165, 1.54) is 12.8 Å². The molecular formula is C13H18N2O3. The lowest BCUT2D eigenvalue weighted by atomic mass is 10.4. The maximum absolute atomic E-state index is 11.7. The Balaban J connectivity index is 1.89. The Morgan fingerprint density at radius 2 is 2.28 bits per heavy atom. The number of aromatic nitrogens is 1. The molecule has 1 aromatic rings. The zero-order valence-electron chi connectivity index (χ0n) is 10.5. The van der Waals surface area contributed by atoms with E-state index in [1.807, 2.05) is 0 Å². The zero-order chi connectivity index (χ0) is 13.0. The van der Waals surface area contributed by atoms with Crippen LogP contribution < -0.4 is 5.32 Å². The summed E-state index contributed by atoms with van der Waals surface area (Å²) in [6, 6.07) is 3.40. The van der Waals surface area contributed by atoms with Crippen LogP contribution in [0.25, 0.3) is 0 Å². The summed E-state index contributed by atoms with van der Waals surface area (Å²) >= 11 is 0. The van der Waals surface area contributed by atoms with E-state index in [1.54, 1.807) is 29.8 Å². The van der Waals surface area contributed by atoms with Crippen molar-refractivity contribution < 1.29 is 14.3 Å². The van der Waals surface area contributed by atoms with Crippen LogP contribution in [0.5, 0.6) is 0 Å². The van der Waals surface area contributed by atoms with Crippen molar-refractivity contribution in [2.75, 3.05) is 13.2 Å². The smallest absolute Gasteiger partial charge is 0.354 e. The van der Waals surface area contributed by atoms with Gasteiger partial charge in [-0.15, -0.1) is 0 Å². The Labute approximate surface area is 106 Å². The average molecular weight is 250 g/mol. The fourth-order valence-electron chi connectivity index (χ4n) is 1.73. The van der Waals surface area contributed by atoms with Crippen LogP contribution in [0.2, 0.25) is 0 Å². The summed E-state index contributed by atoms with van der Waals surface area (Å²) in [6.45, 7) is 2.99. The molecule has 2 rings (SSSR count). The normalized spacial score (nSPS) is 14.3. The summed E-state index contributed by atoms with van der Waals surface area (Å²) in [5.74, 6) is 0.198. The molecule has 0 spiro atoms. The molecule has 0 atom stereocenters. The molecule has 1 aliphatic carbocycles. The number of esters is 1. The number of amides is 1. The number of nitrogens with zero attached hydrogens (tertiary/aromatic N) is 1. The maximum Gasteiger partial charge on any atom is 0.354 e. The van der Waals surface area contributed by atoms with Crippen LogP contribution in [0, 0.1) is 5.92 Å². The lowest BCUT2D eigenvalue weighted by molar-refractivity contribution is -0.121. The second-order valence-corrected chi connectivity index (χ2v) is 4.49. The van der Waals surface area contributed by atoms with Gasteiger partial charge in [-0.3, -0.25) is 4.79 Å². The topological polar surface area (TPSA) is 60.3 Å². The maximum atomic E-state index is 11.7. The van der Waals surface area contributed by atoms with Gasteiger partial charge in [0.25, 0.3) is 0 Å². The summed E-state index contributed by atoms with van der Waals surface area (Å²) in [4.78, 5) is 23.3. The van der Waals surface area contributed by atoms with E-state index in [4.69, 9.17) is 4.74 Å². The molecule has 0 saturated heterocycles. The monoisotopic (exact) mass is 250 g/mol. The first-order chi connectivity index (χ1) is 8.70. The van der Waals surface area contributed by atoms with Crippen LogP contribution >= 0.6 is 0 Å². The van der Waals surface area contributed by atoms with Gasteiger partial charge in [0.2, 0.25) is 5.91 Å². The van der Waals surface area contributed by atoms with Crippen LogP contribution in [0.4, 0.5) is 0 Å². The van der Waals surface area contributed by atoms with Crippen molar-refractivity contribution in [1.29, 1.82) is 0 Å². The third kappa shape index (κ3) is 3.35. The van der Waals surface area contributed by atoms with E-state index in [-0.39, 0.29) is 12.5 Å². The number of carbonyl (C=O) groups is 2. The minimum atomic E-state index is -0.391. The van der Waals surface area contributed by atoms with Crippen molar-refractivity contribution in [2.24, 2.45) is 5.92 Å².